The summed E-state index contributed by atoms with van der Waals surface area (Å²) in [6, 6.07) is 0. The SMILES string of the molecule is C=CC1CCC(C)(C=C)CC1C=C. The first-order valence-corrected chi connectivity index (χ1v) is 5.04. The molecule has 1 aliphatic rings. The molecule has 3 atom stereocenters. The van der Waals surface area contributed by atoms with Gasteiger partial charge < -0.3 is 0 Å². The van der Waals surface area contributed by atoms with Crippen molar-refractivity contribution in [3.63, 3.8) is 0 Å². The summed E-state index contributed by atoms with van der Waals surface area (Å²) in [6.07, 6.45) is 9.89. The lowest BCUT2D eigenvalue weighted by Crippen LogP contribution is -2.28. The number of hydrogen-bond donors (Lipinski definition) is 0. The van der Waals surface area contributed by atoms with Crippen molar-refractivity contribution < 1.29 is 0 Å². The van der Waals surface area contributed by atoms with E-state index in [1.807, 2.05) is 0 Å². The van der Waals surface area contributed by atoms with Gasteiger partial charge in [0.25, 0.3) is 0 Å². The minimum Gasteiger partial charge on any atom is -0.103 e. The van der Waals surface area contributed by atoms with Crippen molar-refractivity contribution in [3.8, 4) is 0 Å². The second-order valence-corrected chi connectivity index (χ2v) is 4.40. The maximum Gasteiger partial charge on any atom is -0.0143 e. The van der Waals surface area contributed by atoms with Crippen LogP contribution in [0, 0.1) is 17.3 Å². The Hall–Kier alpha value is -0.780. The molecule has 0 aliphatic heterocycles. The van der Waals surface area contributed by atoms with Crippen molar-refractivity contribution in [1.82, 2.24) is 0 Å². The Morgan fingerprint density at radius 3 is 2.23 bits per heavy atom. The first kappa shape index (κ1) is 10.3. The molecule has 0 spiro atoms. The molecule has 0 N–H and O–H groups in total. The maximum absolute atomic E-state index is 3.92. The van der Waals surface area contributed by atoms with Crippen molar-refractivity contribution in [2.75, 3.05) is 0 Å². The van der Waals surface area contributed by atoms with Crippen LogP contribution in [-0.2, 0) is 0 Å². The van der Waals surface area contributed by atoms with Gasteiger partial charge in [-0.05, 0) is 36.5 Å². The molecular formula is C13H20. The summed E-state index contributed by atoms with van der Waals surface area (Å²) in [5, 5.41) is 0. The van der Waals surface area contributed by atoms with E-state index in [1.54, 1.807) is 0 Å². The summed E-state index contributed by atoms with van der Waals surface area (Å²) in [7, 11) is 0. The number of rotatable bonds is 3. The van der Waals surface area contributed by atoms with E-state index < -0.39 is 0 Å². The maximum atomic E-state index is 3.92. The van der Waals surface area contributed by atoms with Gasteiger partial charge in [-0.2, -0.15) is 0 Å². The zero-order chi connectivity index (χ0) is 9.90. The molecule has 0 aromatic carbocycles. The standard InChI is InChI=1S/C13H20/c1-5-11-8-9-13(4,7-3)10-12(11)6-2/h5-7,11-12H,1-3,8-10H2,4H3. The minimum atomic E-state index is 0.318. The van der Waals surface area contributed by atoms with Crippen LogP contribution in [0.5, 0.6) is 0 Å². The summed E-state index contributed by atoms with van der Waals surface area (Å²) >= 11 is 0. The van der Waals surface area contributed by atoms with Gasteiger partial charge in [0.05, 0.1) is 0 Å². The third-order valence-corrected chi connectivity index (χ3v) is 3.40. The summed E-state index contributed by atoms with van der Waals surface area (Å²) in [6.45, 7) is 14.0. The zero-order valence-corrected chi connectivity index (χ0v) is 8.63. The molecule has 0 amide bonds. The Bertz CT molecular complexity index is 214. The molecule has 0 saturated heterocycles. The van der Waals surface area contributed by atoms with Crippen LogP contribution in [0.3, 0.4) is 0 Å². The molecule has 0 aromatic heterocycles. The van der Waals surface area contributed by atoms with E-state index in [0.29, 0.717) is 17.3 Å². The van der Waals surface area contributed by atoms with Gasteiger partial charge in [-0.25, -0.2) is 0 Å². The molecule has 0 radical (unpaired) electrons. The van der Waals surface area contributed by atoms with Crippen LogP contribution < -0.4 is 0 Å². The predicted octanol–water partition coefficient (Wildman–Crippen LogP) is 3.97. The highest BCUT2D eigenvalue weighted by molar-refractivity contribution is 5.04. The van der Waals surface area contributed by atoms with E-state index in [1.165, 1.54) is 19.3 Å². The van der Waals surface area contributed by atoms with Crippen molar-refractivity contribution in [1.29, 1.82) is 0 Å². The average Bonchev–Trinajstić information content (AvgIpc) is 2.18. The molecule has 3 unspecified atom stereocenters. The molecule has 0 heteroatoms. The first-order chi connectivity index (χ1) is 6.15. The molecule has 0 bridgehead atoms. The van der Waals surface area contributed by atoms with Crippen molar-refractivity contribution in [3.05, 3.63) is 38.0 Å². The first-order valence-electron chi connectivity index (χ1n) is 5.04. The molecule has 0 aromatic rings. The topological polar surface area (TPSA) is 0 Å². The quantitative estimate of drug-likeness (QED) is 0.571. The van der Waals surface area contributed by atoms with E-state index in [-0.39, 0.29) is 0 Å². The third-order valence-electron chi connectivity index (χ3n) is 3.40. The van der Waals surface area contributed by atoms with E-state index in [2.05, 4.69) is 44.9 Å². The van der Waals surface area contributed by atoms with Gasteiger partial charge in [0, 0.05) is 0 Å². The third kappa shape index (κ3) is 2.12. The molecule has 0 heterocycles. The lowest BCUT2D eigenvalue weighted by atomic mass is 9.66. The lowest BCUT2D eigenvalue weighted by Gasteiger charge is -2.38. The van der Waals surface area contributed by atoms with Gasteiger partial charge in [0.2, 0.25) is 0 Å². The van der Waals surface area contributed by atoms with Crippen molar-refractivity contribution in [2.24, 2.45) is 17.3 Å². The van der Waals surface area contributed by atoms with Gasteiger partial charge in [-0.1, -0.05) is 25.2 Å². The summed E-state index contributed by atoms with van der Waals surface area (Å²) in [5.41, 5.74) is 0.318. The van der Waals surface area contributed by atoms with E-state index in [4.69, 9.17) is 0 Å². The Balaban J connectivity index is 2.72. The second kappa shape index (κ2) is 3.95. The zero-order valence-electron chi connectivity index (χ0n) is 8.63. The number of hydrogen-bond acceptors (Lipinski definition) is 0. The van der Waals surface area contributed by atoms with E-state index >= 15 is 0 Å². The normalized spacial score (nSPS) is 39.5. The molecular weight excluding hydrogens is 156 g/mol. The fourth-order valence-corrected chi connectivity index (χ4v) is 2.24. The van der Waals surface area contributed by atoms with Crippen LogP contribution in [0.2, 0.25) is 0 Å². The summed E-state index contributed by atoms with van der Waals surface area (Å²) < 4.78 is 0. The van der Waals surface area contributed by atoms with Crippen molar-refractivity contribution in [2.45, 2.75) is 26.2 Å². The molecule has 72 valence electrons. The highest BCUT2D eigenvalue weighted by Crippen LogP contribution is 2.43. The van der Waals surface area contributed by atoms with Crippen LogP contribution in [-0.4, -0.2) is 0 Å². The van der Waals surface area contributed by atoms with E-state index in [0.717, 1.165) is 0 Å². The minimum absolute atomic E-state index is 0.318. The van der Waals surface area contributed by atoms with Gasteiger partial charge in [0.15, 0.2) is 0 Å². The fourth-order valence-electron chi connectivity index (χ4n) is 2.24. The summed E-state index contributed by atoms with van der Waals surface area (Å²) in [5.74, 6) is 1.22. The van der Waals surface area contributed by atoms with Crippen LogP contribution in [0.4, 0.5) is 0 Å². The molecule has 13 heavy (non-hydrogen) atoms. The highest BCUT2D eigenvalue weighted by atomic mass is 14.4. The molecule has 1 rings (SSSR count). The molecule has 0 nitrogen and oxygen atoms in total. The average molecular weight is 176 g/mol. The Labute approximate surface area is 82.0 Å². The molecule has 1 fully saturated rings. The Morgan fingerprint density at radius 2 is 1.77 bits per heavy atom. The van der Waals surface area contributed by atoms with Crippen LogP contribution >= 0.6 is 0 Å². The van der Waals surface area contributed by atoms with Gasteiger partial charge in [0.1, 0.15) is 0 Å². The monoisotopic (exact) mass is 176 g/mol. The van der Waals surface area contributed by atoms with Gasteiger partial charge >= 0.3 is 0 Å². The van der Waals surface area contributed by atoms with Crippen molar-refractivity contribution >= 4 is 0 Å². The molecule has 1 saturated carbocycles. The highest BCUT2D eigenvalue weighted by Gasteiger charge is 2.32. The van der Waals surface area contributed by atoms with E-state index in [9.17, 15) is 0 Å². The number of allylic oxidation sites excluding steroid dienone is 3. The molecule has 1 aliphatic carbocycles. The fraction of sp³-hybridized carbons (Fsp3) is 0.538. The van der Waals surface area contributed by atoms with Gasteiger partial charge in [-0.15, -0.1) is 19.7 Å². The largest absolute Gasteiger partial charge is 0.103 e. The smallest absolute Gasteiger partial charge is 0.0143 e. The lowest BCUT2D eigenvalue weighted by molar-refractivity contribution is 0.200. The summed E-state index contributed by atoms with van der Waals surface area (Å²) in [4.78, 5) is 0. The second-order valence-electron chi connectivity index (χ2n) is 4.40. The Kier molecular flexibility index (Phi) is 3.13. The van der Waals surface area contributed by atoms with Crippen LogP contribution in [0.15, 0.2) is 38.0 Å². The predicted molar refractivity (Wildman–Crippen MR) is 59.5 cm³/mol. The van der Waals surface area contributed by atoms with Crippen LogP contribution in [0.1, 0.15) is 26.2 Å². The Morgan fingerprint density at radius 1 is 1.15 bits per heavy atom. The van der Waals surface area contributed by atoms with Crippen LogP contribution in [0.25, 0.3) is 0 Å². The van der Waals surface area contributed by atoms with Gasteiger partial charge in [-0.3, -0.25) is 0 Å².